The molecular weight excluding hydrogens is 587 g/mol. The number of hydrogen-bond donors (Lipinski definition) is 4. The molecule has 1 amide bonds. The average Bonchev–Trinajstić information content (AvgIpc) is 3.53. The number of carbonyl (C=O) groups is 1. The van der Waals surface area contributed by atoms with Gasteiger partial charge >= 0.3 is 17.1 Å². The second kappa shape index (κ2) is 13.2. The fourth-order valence-electron chi connectivity index (χ4n) is 5.71. The summed E-state index contributed by atoms with van der Waals surface area (Å²) < 4.78 is 21.4. The maximum Gasteiger partial charge on any atom is 0.335 e. The Hall–Kier alpha value is -2.57. The van der Waals surface area contributed by atoms with Crippen LogP contribution in [0.15, 0.2) is 43.0 Å². The van der Waals surface area contributed by atoms with Crippen molar-refractivity contribution >= 4 is 40.0 Å². The summed E-state index contributed by atoms with van der Waals surface area (Å²) in [6.45, 7) is 15.5. The summed E-state index contributed by atoms with van der Waals surface area (Å²) in [6.07, 6.45) is -1.30. The summed E-state index contributed by atoms with van der Waals surface area (Å²) in [6, 6.07) is 8.74. The molecule has 1 aliphatic heterocycles. The normalized spacial score (nSPS) is 21.6. The molecule has 0 unspecified atom stereocenters. The quantitative estimate of drug-likeness (QED) is 0.213. The molecule has 1 fully saturated rings. The van der Waals surface area contributed by atoms with Gasteiger partial charge in [0.2, 0.25) is 0 Å². The standard InChI is InChI=1S/C29H45N5O7Si2/c1-17(2)42(38,18(3)4)41-43(19(5)6,20(7)8)40-25-22(14-35)39-29(24(25)36)34-16-32-23-26(30-15-31-27(23)34)33-28(37)21-12-10-9-11-13-21/h9-13,15-20,22,24-25,29,35-36,38H,14H2,1-8H3,(H,30,31,33,37)/t22-,24-,25-,29-/m1/s1. The zero-order valence-corrected chi connectivity index (χ0v) is 28.1. The molecule has 4 rings (SSSR count). The van der Waals surface area contributed by atoms with Crippen LogP contribution in [0.4, 0.5) is 5.82 Å². The van der Waals surface area contributed by atoms with E-state index in [1.165, 1.54) is 12.7 Å². The highest BCUT2D eigenvalue weighted by Crippen LogP contribution is 2.45. The van der Waals surface area contributed by atoms with Gasteiger partial charge in [0, 0.05) is 5.56 Å². The van der Waals surface area contributed by atoms with Crippen LogP contribution >= 0.6 is 0 Å². The van der Waals surface area contributed by atoms with Gasteiger partial charge in [-0.3, -0.25) is 9.36 Å². The molecule has 3 aromatic rings. The highest BCUT2D eigenvalue weighted by molar-refractivity contribution is 6.83. The van der Waals surface area contributed by atoms with E-state index in [0.717, 1.165) is 0 Å². The Morgan fingerprint density at radius 3 is 2.19 bits per heavy atom. The largest absolute Gasteiger partial charge is 0.414 e. The first kappa shape index (κ1) is 33.3. The molecule has 43 heavy (non-hydrogen) atoms. The predicted octanol–water partition coefficient (Wildman–Crippen LogP) is 4.25. The number of anilines is 1. The Balaban J connectivity index is 1.66. The van der Waals surface area contributed by atoms with Crippen LogP contribution in [0.5, 0.6) is 0 Å². The first-order chi connectivity index (χ1) is 20.3. The van der Waals surface area contributed by atoms with E-state index in [9.17, 15) is 19.8 Å². The molecule has 3 heterocycles. The lowest BCUT2D eigenvalue weighted by atomic mass is 10.1. The number of nitrogens with zero attached hydrogens (tertiary/aromatic N) is 4. The Bertz CT molecular complexity index is 1370. The smallest absolute Gasteiger partial charge is 0.335 e. The molecule has 2 aromatic heterocycles. The van der Waals surface area contributed by atoms with E-state index < -0.39 is 48.3 Å². The fraction of sp³-hybridized carbons (Fsp3) is 0.586. The molecule has 0 saturated carbocycles. The van der Waals surface area contributed by atoms with Crippen LogP contribution in [0.25, 0.3) is 11.2 Å². The van der Waals surface area contributed by atoms with Gasteiger partial charge in [-0.15, -0.1) is 0 Å². The summed E-state index contributed by atoms with van der Waals surface area (Å²) in [5.41, 5.74) is 0.784. The average molecular weight is 632 g/mol. The summed E-state index contributed by atoms with van der Waals surface area (Å²) in [7, 11) is -6.50. The zero-order chi connectivity index (χ0) is 31.7. The van der Waals surface area contributed by atoms with E-state index >= 15 is 0 Å². The van der Waals surface area contributed by atoms with Gasteiger partial charge in [0.15, 0.2) is 23.2 Å². The van der Waals surface area contributed by atoms with Gasteiger partial charge in [0.25, 0.3) is 5.91 Å². The predicted molar refractivity (Wildman–Crippen MR) is 167 cm³/mol. The molecule has 236 valence electrons. The molecule has 0 spiro atoms. The van der Waals surface area contributed by atoms with Crippen LogP contribution in [0.1, 0.15) is 72.0 Å². The third kappa shape index (κ3) is 6.33. The monoisotopic (exact) mass is 631 g/mol. The summed E-state index contributed by atoms with van der Waals surface area (Å²) in [5.74, 6) is -0.140. The molecule has 4 N–H and O–H groups in total. The number of hydrogen-bond acceptors (Lipinski definition) is 10. The third-order valence-corrected chi connectivity index (χ3v) is 18.0. The van der Waals surface area contributed by atoms with Gasteiger partial charge in [0.1, 0.15) is 24.6 Å². The van der Waals surface area contributed by atoms with E-state index in [1.807, 2.05) is 61.5 Å². The Morgan fingerprint density at radius 1 is 1.00 bits per heavy atom. The van der Waals surface area contributed by atoms with Crippen molar-refractivity contribution in [3.8, 4) is 0 Å². The van der Waals surface area contributed by atoms with Gasteiger partial charge in [-0.2, -0.15) is 0 Å². The van der Waals surface area contributed by atoms with Crippen LogP contribution in [0.2, 0.25) is 22.2 Å². The number of nitrogens with one attached hydrogen (secondary N) is 1. The van der Waals surface area contributed by atoms with Gasteiger partial charge in [0.05, 0.1) is 12.9 Å². The Kier molecular flexibility index (Phi) is 10.2. The van der Waals surface area contributed by atoms with Gasteiger partial charge in [-0.25, -0.2) is 15.0 Å². The number of aliphatic hydroxyl groups is 2. The number of aromatic nitrogens is 4. The van der Waals surface area contributed by atoms with E-state index in [2.05, 4.69) is 20.3 Å². The highest BCUT2D eigenvalue weighted by Gasteiger charge is 2.58. The highest BCUT2D eigenvalue weighted by atomic mass is 28.5. The molecule has 0 bridgehead atoms. The zero-order valence-electron chi connectivity index (χ0n) is 26.1. The number of ether oxygens (including phenoxy) is 1. The van der Waals surface area contributed by atoms with Crippen molar-refractivity contribution in [3.63, 3.8) is 0 Å². The van der Waals surface area contributed by atoms with Crippen LogP contribution in [0, 0.1) is 0 Å². The van der Waals surface area contributed by atoms with E-state index in [1.54, 1.807) is 28.8 Å². The van der Waals surface area contributed by atoms with Crippen LogP contribution in [-0.4, -0.2) is 82.5 Å². The minimum absolute atomic E-state index is 0.0766. The number of imidazole rings is 1. The molecule has 14 heteroatoms. The Labute approximate surface area is 255 Å². The molecule has 1 aromatic carbocycles. The molecule has 0 aliphatic carbocycles. The molecule has 12 nitrogen and oxygen atoms in total. The van der Waals surface area contributed by atoms with E-state index in [0.29, 0.717) is 16.7 Å². The molecule has 4 atom stereocenters. The maximum absolute atomic E-state index is 12.8. The van der Waals surface area contributed by atoms with E-state index in [-0.39, 0.29) is 33.9 Å². The number of carbonyl (C=O) groups excluding carboxylic acids is 1. The van der Waals surface area contributed by atoms with Crippen molar-refractivity contribution in [3.05, 3.63) is 48.5 Å². The fourth-order valence-corrected chi connectivity index (χ4v) is 15.6. The SMILES string of the molecule is CC(C)[Si](O)(O[Si](O[C@H]1[C@@H](O)[C@H](n2cnc3c(NC(=O)c4ccccc4)ncnc32)O[C@@H]1CO)(C(C)C)C(C)C)C(C)C. The number of benzene rings is 1. The van der Waals surface area contributed by atoms with Crippen molar-refractivity contribution in [1.82, 2.24) is 19.5 Å². The minimum Gasteiger partial charge on any atom is -0.414 e. The first-order valence-corrected chi connectivity index (χ1v) is 18.8. The van der Waals surface area contributed by atoms with Crippen molar-refractivity contribution < 1.29 is 33.1 Å². The van der Waals surface area contributed by atoms with Crippen molar-refractivity contribution in [2.45, 2.75) is 102 Å². The number of aliphatic hydroxyl groups excluding tert-OH is 2. The summed E-state index contributed by atoms with van der Waals surface area (Å²) in [4.78, 5) is 37.6. The van der Waals surface area contributed by atoms with Gasteiger partial charge in [-0.05, 0) is 34.3 Å². The lowest BCUT2D eigenvalue weighted by molar-refractivity contribution is -0.0513. The number of amides is 1. The van der Waals surface area contributed by atoms with Crippen LogP contribution in [0.3, 0.4) is 0 Å². The molecular formula is C29H45N5O7Si2. The number of fused-ring (bicyclic) bond motifs is 1. The lowest BCUT2D eigenvalue weighted by Crippen LogP contribution is -2.62. The van der Waals surface area contributed by atoms with Gasteiger partial charge in [-0.1, -0.05) is 73.6 Å². The molecule has 1 saturated heterocycles. The lowest BCUT2D eigenvalue weighted by Gasteiger charge is -2.47. The van der Waals surface area contributed by atoms with Crippen LogP contribution < -0.4 is 5.32 Å². The van der Waals surface area contributed by atoms with Crippen molar-refractivity contribution in [2.75, 3.05) is 11.9 Å². The third-order valence-electron chi connectivity index (χ3n) is 8.30. The first-order valence-electron chi connectivity index (χ1n) is 14.8. The summed E-state index contributed by atoms with van der Waals surface area (Å²) >= 11 is 0. The summed E-state index contributed by atoms with van der Waals surface area (Å²) in [5, 5.41) is 24.8. The topological polar surface area (TPSA) is 161 Å². The molecule has 1 aliphatic rings. The van der Waals surface area contributed by atoms with Crippen molar-refractivity contribution in [1.29, 1.82) is 0 Å². The molecule has 0 radical (unpaired) electrons. The van der Waals surface area contributed by atoms with Gasteiger partial charge < -0.3 is 33.6 Å². The second-order valence-corrected chi connectivity index (χ2v) is 21.0. The maximum atomic E-state index is 12.8. The van der Waals surface area contributed by atoms with Crippen LogP contribution in [-0.2, 0) is 13.3 Å². The number of rotatable bonds is 12. The van der Waals surface area contributed by atoms with E-state index in [4.69, 9.17) is 13.3 Å². The van der Waals surface area contributed by atoms with Crippen molar-refractivity contribution in [2.24, 2.45) is 0 Å². The Morgan fingerprint density at radius 2 is 1.63 bits per heavy atom. The minimum atomic E-state index is -3.26. The second-order valence-electron chi connectivity index (χ2n) is 12.4.